The molecule has 1 atom stereocenters. The van der Waals surface area contributed by atoms with Crippen molar-refractivity contribution in [3.05, 3.63) is 23.8 Å². The van der Waals surface area contributed by atoms with Crippen LogP contribution in [0.15, 0.2) is 23.8 Å². The predicted octanol–water partition coefficient (Wildman–Crippen LogP) is 3.12. The molecule has 1 unspecified atom stereocenters. The first-order valence-corrected chi connectivity index (χ1v) is 4.40. The van der Waals surface area contributed by atoms with Crippen LogP contribution in [-0.4, -0.2) is 6.29 Å². The molecule has 0 radical (unpaired) electrons. The van der Waals surface area contributed by atoms with Gasteiger partial charge >= 0.3 is 0 Å². The number of allylic oxidation sites excluding steroid dienone is 4. The van der Waals surface area contributed by atoms with Crippen LogP contribution < -0.4 is 0 Å². The molecular weight excluding hydrogens is 148 g/mol. The van der Waals surface area contributed by atoms with Crippen LogP contribution in [0, 0.1) is 5.92 Å². The molecule has 68 valence electrons. The third-order valence-electron chi connectivity index (χ3n) is 1.70. The first kappa shape index (κ1) is 11.2. The largest absolute Gasteiger partial charge is 0.303 e. The number of rotatable bonds is 5. The van der Waals surface area contributed by atoms with Gasteiger partial charge in [-0.1, -0.05) is 23.8 Å². The van der Waals surface area contributed by atoms with Gasteiger partial charge in [-0.25, -0.2) is 0 Å². The zero-order valence-electron chi connectivity index (χ0n) is 8.21. The van der Waals surface area contributed by atoms with Crippen molar-refractivity contribution >= 4 is 6.29 Å². The lowest BCUT2D eigenvalue weighted by Gasteiger charge is -2.02. The van der Waals surface area contributed by atoms with Crippen LogP contribution in [0.5, 0.6) is 0 Å². The Kier molecular flexibility index (Phi) is 6.35. The van der Waals surface area contributed by atoms with E-state index in [9.17, 15) is 4.79 Å². The van der Waals surface area contributed by atoms with Crippen molar-refractivity contribution in [2.24, 2.45) is 5.92 Å². The van der Waals surface area contributed by atoms with Crippen molar-refractivity contribution in [3.8, 4) is 0 Å². The fraction of sp³-hybridized carbons (Fsp3) is 0.545. The van der Waals surface area contributed by atoms with Crippen molar-refractivity contribution in [3.63, 3.8) is 0 Å². The van der Waals surface area contributed by atoms with E-state index < -0.39 is 0 Å². The van der Waals surface area contributed by atoms with Crippen LogP contribution in [0.2, 0.25) is 0 Å². The van der Waals surface area contributed by atoms with Gasteiger partial charge in [0.15, 0.2) is 0 Å². The smallest absolute Gasteiger partial charge is 0.123 e. The fourth-order valence-electron chi connectivity index (χ4n) is 0.905. The average Bonchev–Trinajstić information content (AvgIpc) is 2.05. The van der Waals surface area contributed by atoms with E-state index in [0.29, 0.717) is 0 Å². The molecular formula is C11H18O. The fourth-order valence-corrected chi connectivity index (χ4v) is 0.905. The normalized spacial score (nSPS) is 12.9. The molecule has 0 aromatic carbocycles. The van der Waals surface area contributed by atoms with Crippen molar-refractivity contribution in [2.75, 3.05) is 0 Å². The predicted molar refractivity (Wildman–Crippen MR) is 53.0 cm³/mol. The van der Waals surface area contributed by atoms with Crippen molar-refractivity contribution in [1.29, 1.82) is 0 Å². The monoisotopic (exact) mass is 166 g/mol. The maximum atomic E-state index is 10.6. The third-order valence-corrected chi connectivity index (χ3v) is 1.70. The lowest BCUT2D eigenvalue weighted by atomic mass is 10.0. The Hall–Kier alpha value is -0.850. The first-order chi connectivity index (χ1) is 5.70. The number of carbonyl (C=O) groups excluding carboxylic acids is 1. The molecule has 0 spiro atoms. The van der Waals surface area contributed by atoms with Crippen LogP contribution in [-0.2, 0) is 4.79 Å². The van der Waals surface area contributed by atoms with Gasteiger partial charge in [-0.2, -0.15) is 0 Å². The molecule has 0 aromatic rings. The summed E-state index contributed by atoms with van der Waals surface area (Å²) >= 11 is 0. The summed E-state index contributed by atoms with van der Waals surface area (Å²) in [6.07, 6.45) is 8.92. The van der Waals surface area contributed by atoms with Gasteiger partial charge in [0.1, 0.15) is 6.29 Å². The van der Waals surface area contributed by atoms with Gasteiger partial charge in [-0.15, -0.1) is 0 Å². The molecule has 0 aliphatic carbocycles. The molecule has 12 heavy (non-hydrogen) atoms. The minimum Gasteiger partial charge on any atom is -0.303 e. The van der Waals surface area contributed by atoms with Crippen molar-refractivity contribution in [1.82, 2.24) is 0 Å². The highest BCUT2D eigenvalue weighted by Crippen LogP contribution is 2.08. The summed E-state index contributed by atoms with van der Waals surface area (Å²) in [4.78, 5) is 10.6. The molecule has 0 aromatic heterocycles. The Balaban J connectivity index is 3.83. The Bertz CT molecular complexity index is 173. The summed E-state index contributed by atoms with van der Waals surface area (Å²) < 4.78 is 0. The summed E-state index contributed by atoms with van der Waals surface area (Å²) in [5, 5.41) is 0. The molecule has 0 saturated heterocycles. The molecule has 0 N–H and O–H groups in total. The lowest BCUT2D eigenvalue weighted by molar-refractivity contribution is -0.110. The second-order valence-electron chi connectivity index (χ2n) is 3.22. The standard InChI is InChI=1S/C11H18O/c1-4-5-6-11(9-12)8-7-10(2)3/h4-5,7,9,11H,6,8H2,1-3H3. The van der Waals surface area contributed by atoms with E-state index in [4.69, 9.17) is 0 Å². The van der Waals surface area contributed by atoms with Gasteiger partial charge in [0, 0.05) is 5.92 Å². The summed E-state index contributed by atoms with van der Waals surface area (Å²) in [5.74, 6) is 0.163. The summed E-state index contributed by atoms with van der Waals surface area (Å²) in [6.45, 7) is 6.08. The molecule has 0 aliphatic rings. The van der Waals surface area contributed by atoms with Gasteiger partial charge < -0.3 is 4.79 Å². The lowest BCUT2D eigenvalue weighted by Crippen LogP contribution is -1.98. The molecule has 1 nitrogen and oxygen atoms in total. The number of carbonyl (C=O) groups is 1. The number of aldehydes is 1. The van der Waals surface area contributed by atoms with E-state index in [1.165, 1.54) is 5.57 Å². The minimum absolute atomic E-state index is 0.163. The number of hydrogen-bond acceptors (Lipinski definition) is 1. The first-order valence-electron chi connectivity index (χ1n) is 4.40. The molecule has 0 heterocycles. The van der Waals surface area contributed by atoms with E-state index in [-0.39, 0.29) is 5.92 Å². The Morgan fingerprint density at radius 3 is 2.42 bits per heavy atom. The van der Waals surface area contributed by atoms with E-state index >= 15 is 0 Å². The Morgan fingerprint density at radius 2 is 2.00 bits per heavy atom. The van der Waals surface area contributed by atoms with Crippen molar-refractivity contribution < 1.29 is 4.79 Å². The second-order valence-corrected chi connectivity index (χ2v) is 3.22. The second kappa shape index (κ2) is 6.84. The topological polar surface area (TPSA) is 17.1 Å². The maximum absolute atomic E-state index is 10.6. The van der Waals surface area contributed by atoms with E-state index in [1.54, 1.807) is 0 Å². The van der Waals surface area contributed by atoms with Crippen LogP contribution in [0.25, 0.3) is 0 Å². The van der Waals surface area contributed by atoms with Gasteiger partial charge in [0.25, 0.3) is 0 Å². The van der Waals surface area contributed by atoms with Crippen LogP contribution in [0.1, 0.15) is 33.6 Å². The van der Waals surface area contributed by atoms with E-state index in [0.717, 1.165) is 19.1 Å². The highest BCUT2D eigenvalue weighted by Gasteiger charge is 2.01. The highest BCUT2D eigenvalue weighted by molar-refractivity contribution is 5.54. The van der Waals surface area contributed by atoms with Crippen LogP contribution >= 0.6 is 0 Å². The molecule has 0 saturated carbocycles. The maximum Gasteiger partial charge on any atom is 0.123 e. The average molecular weight is 166 g/mol. The Labute approximate surface area is 75.2 Å². The Morgan fingerprint density at radius 1 is 1.33 bits per heavy atom. The van der Waals surface area contributed by atoms with Gasteiger partial charge in [-0.3, -0.25) is 0 Å². The molecule has 0 aliphatic heterocycles. The van der Waals surface area contributed by atoms with Gasteiger partial charge in [0.2, 0.25) is 0 Å². The van der Waals surface area contributed by atoms with Crippen molar-refractivity contribution in [2.45, 2.75) is 33.6 Å². The quantitative estimate of drug-likeness (QED) is 0.453. The summed E-state index contributed by atoms with van der Waals surface area (Å²) in [7, 11) is 0. The number of hydrogen-bond donors (Lipinski definition) is 0. The molecule has 0 amide bonds. The molecule has 0 bridgehead atoms. The van der Waals surface area contributed by atoms with Gasteiger partial charge in [0.05, 0.1) is 0 Å². The molecule has 0 fully saturated rings. The van der Waals surface area contributed by atoms with Crippen LogP contribution in [0.4, 0.5) is 0 Å². The SMILES string of the molecule is CC=CCC(C=O)CC=C(C)C. The minimum atomic E-state index is 0.163. The molecule has 0 rings (SSSR count). The van der Waals surface area contributed by atoms with Crippen LogP contribution in [0.3, 0.4) is 0 Å². The molecule has 1 heteroatoms. The summed E-state index contributed by atoms with van der Waals surface area (Å²) in [5.41, 5.74) is 1.28. The van der Waals surface area contributed by atoms with E-state index in [2.05, 4.69) is 19.9 Å². The third kappa shape index (κ3) is 5.90. The zero-order chi connectivity index (χ0) is 9.40. The highest BCUT2D eigenvalue weighted by atomic mass is 16.1. The van der Waals surface area contributed by atoms with Gasteiger partial charge in [-0.05, 0) is 33.6 Å². The summed E-state index contributed by atoms with van der Waals surface area (Å²) in [6, 6.07) is 0. The zero-order valence-corrected chi connectivity index (χ0v) is 8.21. The van der Waals surface area contributed by atoms with E-state index in [1.807, 2.05) is 19.1 Å².